The molecule has 3 nitrogen and oxygen atoms in total. The van der Waals surface area contributed by atoms with Crippen molar-refractivity contribution in [1.29, 1.82) is 0 Å². The van der Waals surface area contributed by atoms with E-state index in [9.17, 15) is 4.79 Å². The first-order chi connectivity index (χ1) is 9.18. The van der Waals surface area contributed by atoms with Gasteiger partial charge in [-0.3, -0.25) is 9.78 Å². The Bertz CT molecular complexity index is 525. The van der Waals surface area contributed by atoms with Gasteiger partial charge >= 0.3 is 0 Å². The molecule has 1 heterocycles. The second-order valence-corrected chi connectivity index (χ2v) is 4.53. The number of rotatable bonds is 5. The Kier molecular flexibility index (Phi) is 4.42. The average Bonchev–Trinajstić information content (AvgIpc) is 2.48. The van der Waals surface area contributed by atoms with Gasteiger partial charge in [-0.1, -0.05) is 36.4 Å². The maximum absolute atomic E-state index is 12.1. The van der Waals surface area contributed by atoms with Crippen LogP contribution in [-0.2, 0) is 0 Å². The van der Waals surface area contributed by atoms with E-state index in [0.717, 1.165) is 5.56 Å². The third-order valence-electron chi connectivity index (χ3n) is 3.05. The third kappa shape index (κ3) is 3.48. The SMILES string of the molecule is [CH2]C(CC(N)c1ccccc1)C(=O)c1ccccn1. The standard InChI is InChI=1S/C16H17N2O/c1-12(16(19)15-9-5-6-10-18-15)11-14(17)13-7-3-2-4-8-13/h2-10,12,14H,1,11,17H2. The molecule has 97 valence electrons. The molecule has 3 heteroatoms. The Balaban J connectivity index is 2.02. The Morgan fingerprint density at radius 2 is 1.84 bits per heavy atom. The van der Waals surface area contributed by atoms with Crippen LogP contribution in [-0.4, -0.2) is 10.8 Å². The van der Waals surface area contributed by atoms with E-state index in [1.165, 1.54) is 0 Å². The van der Waals surface area contributed by atoms with Crippen LogP contribution in [0.4, 0.5) is 0 Å². The highest BCUT2D eigenvalue weighted by Gasteiger charge is 2.19. The molecule has 2 atom stereocenters. The van der Waals surface area contributed by atoms with Gasteiger partial charge in [0.1, 0.15) is 5.69 Å². The van der Waals surface area contributed by atoms with E-state index in [0.29, 0.717) is 12.1 Å². The molecule has 0 amide bonds. The Morgan fingerprint density at radius 3 is 2.47 bits per heavy atom. The molecule has 0 saturated heterocycles. The lowest BCUT2D eigenvalue weighted by Gasteiger charge is -2.16. The van der Waals surface area contributed by atoms with Crippen molar-refractivity contribution < 1.29 is 4.79 Å². The van der Waals surface area contributed by atoms with E-state index in [1.54, 1.807) is 24.4 Å². The number of carbonyl (C=O) groups is 1. The van der Waals surface area contributed by atoms with Gasteiger partial charge in [0, 0.05) is 18.2 Å². The van der Waals surface area contributed by atoms with Gasteiger partial charge in [-0.15, -0.1) is 0 Å². The first-order valence-corrected chi connectivity index (χ1v) is 6.27. The molecule has 1 aromatic carbocycles. The summed E-state index contributed by atoms with van der Waals surface area (Å²) < 4.78 is 0. The maximum atomic E-state index is 12.1. The van der Waals surface area contributed by atoms with Gasteiger partial charge < -0.3 is 5.73 Å². The highest BCUT2D eigenvalue weighted by Crippen LogP contribution is 2.20. The number of pyridine rings is 1. The summed E-state index contributed by atoms with van der Waals surface area (Å²) in [5, 5.41) is 0. The summed E-state index contributed by atoms with van der Waals surface area (Å²) in [6.45, 7) is 3.91. The lowest BCUT2D eigenvalue weighted by molar-refractivity contribution is 0.0929. The smallest absolute Gasteiger partial charge is 0.184 e. The van der Waals surface area contributed by atoms with E-state index in [-0.39, 0.29) is 17.7 Å². The molecule has 0 fully saturated rings. The van der Waals surface area contributed by atoms with Crippen LogP contribution in [0.25, 0.3) is 0 Å². The van der Waals surface area contributed by atoms with Crippen molar-refractivity contribution in [1.82, 2.24) is 4.98 Å². The summed E-state index contributed by atoms with van der Waals surface area (Å²) in [4.78, 5) is 16.2. The zero-order valence-corrected chi connectivity index (χ0v) is 10.7. The molecule has 0 aliphatic rings. The van der Waals surface area contributed by atoms with E-state index in [2.05, 4.69) is 11.9 Å². The second-order valence-electron chi connectivity index (χ2n) is 4.53. The molecule has 0 saturated carbocycles. The topological polar surface area (TPSA) is 56.0 Å². The molecule has 2 rings (SSSR count). The van der Waals surface area contributed by atoms with Gasteiger partial charge in [0.15, 0.2) is 5.78 Å². The van der Waals surface area contributed by atoms with Crippen molar-refractivity contribution in [2.45, 2.75) is 12.5 Å². The molecule has 0 aliphatic heterocycles. The fourth-order valence-corrected chi connectivity index (χ4v) is 1.97. The summed E-state index contributed by atoms with van der Waals surface area (Å²) in [5.41, 5.74) is 7.56. The van der Waals surface area contributed by atoms with Crippen LogP contribution in [0, 0.1) is 12.8 Å². The van der Waals surface area contributed by atoms with Crippen LogP contribution in [0.5, 0.6) is 0 Å². The van der Waals surface area contributed by atoms with Gasteiger partial charge in [0.05, 0.1) is 0 Å². The van der Waals surface area contributed by atoms with Crippen molar-refractivity contribution in [2.24, 2.45) is 11.7 Å². The number of hydrogen-bond acceptors (Lipinski definition) is 3. The maximum Gasteiger partial charge on any atom is 0.184 e. The molecule has 0 spiro atoms. The normalized spacial score (nSPS) is 13.8. The third-order valence-corrected chi connectivity index (χ3v) is 3.05. The largest absolute Gasteiger partial charge is 0.324 e. The predicted molar refractivity (Wildman–Crippen MR) is 75.4 cm³/mol. The fourth-order valence-electron chi connectivity index (χ4n) is 1.97. The van der Waals surface area contributed by atoms with Crippen molar-refractivity contribution in [3.63, 3.8) is 0 Å². The van der Waals surface area contributed by atoms with Crippen LogP contribution in [0.15, 0.2) is 54.7 Å². The molecule has 2 unspecified atom stereocenters. The van der Waals surface area contributed by atoms with Crippen LogP contribution in [0.3, 0.4) is 0 Å². The zero-order chi connectivity index (χ0) is 13.7. The minimum Gasteiger partial charge on any atom is -0.324 e. The number of aromatic nitrogens is 1. The van der Waals surface area contributed by atoms with E-state index < -0.39 is 0 Å². The summed E-state index contributed by atoms with van der Waals surface area (Å²) in [5.74, 6) is -0.447. The molecule has 1 aromatic heterocycles. The fraction of sp³-hybridized carbons (Fsp3) is 0.188. The van der Waals surface area contributed by atoms with Gasteiger partial charge in [-0.05, 0) is 31.0 Å². The molecule has 2 N–H and O–H groups in total. The van der Waals surface area contributed by atoms with Gasteiger partial charge in [-0.2, -0.15) is 0 Å². The first-order valence-electron chi connectivity index (χ1n) is 6.27. The van der Waals surface area contributed by atoms with E-state index in [1.807, 2.05) is 30.3 Å². The molecule has 1 radical (unpaired) electrons. The minimum atomic E-state index is -0.384. The Hall–Kier alpha value is -2.00. The first kappa shape index (κ1) is 13.4. The van der Waals surface area contributed by atoms with Gasteiger partial charge in [0.2, 0.25) is 0 Å². The highest BCUT2D eigenvalue weighted by atomic mass is 16.1. The molecule has 2 aromatic rings. The van der Waals surface area contributed by atoms with E-state index in [4.69, 9.17) is 5.73 Å². The number of hydrogen-bond donors (Lipinski definition) is 1. The lowest BCUT2D eigenvalue weighted by atomic mass is 9.92. The minimum absolute atomic E-state index is 0.0630. The van der Waals surface area contributed by atoms with Crippen molar-refractivity contribution >= 4 is 5.78 Å². The molecule has 0 aliphatic carbocycles. The van der Waals surface area contributed by atoms with Crippen LogP contribution in [0.1, 0.15) is 28.5 Å². The summed E-state index contributed by atoms with van der Waals surface area (Å²) >= 11 is 0. The van der Waals surface area contributed by atoms with Gasteiger partial charge in [0.25, 0.3) is 0 Å². The van der Waals surface area contributed by atoms with Crippen molar-refractivity contribution in [2.75, 3.05) is 0 Å². The van der Waals surface area contributed by atoms with E-state index >= 15 is 0 Å². The van der Waals surface area contributed by atoms with Crippen molar-refractivity contribution in [3.05, 3.63) is 72.9 Å². The molecule has 19 heavy (non-hydrogen) atoms. The predicted octanol–water partition coefficient (Wildman–Crippen LogP) is 2.80. The number of nitrogens with zero attached hydrogens (tertiary/aromatic N) is 1. The second kappa shape index (κ2) is 6.25. The quantitative estimate of drug-likeness (QED) is 0.834. The zero-order valence-electron chi connectivity index (χ0n) is 10.7. The monoisotopic (exact) mass is 253 g/mol. The van der Waals surface area contributed by atoms with Crippen LogP contribution in [0.2, 0.25) is 0 Å². The molecular weight excluding hydrogens is 236 g/mol. The summed E-state index contributed by atoms with van der Waals surface area (Å²) in [6, 6.07) is 14.8. The van der Waals surface area contributed by atoms with Crippen molar-refractivity contribution in [3.8, 4) is 0 Å². The molecular formula is C16H17N2O. The number of nitrogens with two attached hydrogens (primary N) is 1. The average molecular weight is 253 g/mol. The number of carbonyl (C=O) groups excluding carboxylic acids is 1. The number of Topliss-reactive ketones (excluding diaryl/α,β-unsaturated/α-hetero) is 1. The highest BCUT2D eigenvalue weighted by molar-refractivity contribution is 5.96. The van der Waals surface area contributed by atoms with Crippen LogP contribution >= 0.6 is 0 Å². The lowest BCUT2D eigenvalue weighted by Crippen LogP contribution is -2.20. The van der Waals surface area contributed by atoms with Crippen LogP contribution < -0.4 is 5.73 Å². The van der Waals surface area contributed by atoms with Gasteiger partial charge in [-0.25, -0.2) is 0 Å². The molecule has 0 bridgehead atoms. The summed E-state index contributed by atoms with van der Waals surface area (Å²) in [6.07, 6.45) is 2.12. The summed E-state index contributed by atoms with van der Waals surface area (Å²) in [7, 11) is 0. The Morgan fingerprint density at radius 1 is 1.16 bits per heavy atom. The number of benzene rings is 1. The Labute approximate surface area is 113 Å². The number of ketones is 1.